The number of piperazine rings is 1. The van der Waals surface area contributed by atoms with E-state index in [1.165, 1.54) is 17.7 Å². The Hall–Kier alpha value is -4.04. The van der Waals surface area contributed by atoms with Gasteiger partial charge in [-0.05, 0) is 54.1 Å². The largest absolute Gasteiger partial charge is 0.369 e. The summed E-state index contributed by atoms with van der Waals surface area (Å²) in [5.41, 5.74) is 3.92. The lowest BCUT2D eigenvalue weighted by Crippen LogP contribution is -2.45. The average molecular weight is 486 g/mol. The van der Waals surface area contributed by atoms with E-state index in [0.717, 1.165) is 44.1 Å². The number of aryl methyl sites for hydroxylation is 1. The van der Waals surface area contributed by atoms with Crippen LogP contribution < -0.4 is 10.2 Å². The third kappa shape index (κ3) is 6.14. The molecule has 1 aliphatic rings. The first-order chi connectivity index (χ1) is 17.6. The Morgan fingerprint density at radius 3 is 2.36 bits per heavy atom. The van der Waals surface area contributed by atoms with Gasteiger partial charge in [0, 0.05) is 62.5 Å². The lowest BCUT2D eigenvalue weighted by molar-refractivity contribution is -0.116. The molecule has 2 heterocycles. The highest BCUT2D eigenvalue weighted by molar-refractivity contribution is 5.91. The molecule has 0 saturated carbocycles. The third-order valence-electron chi connectivity index (χ3n) is 6.27. The highest BCUT2D eigenvalue weighted by Gasteiger charge is 2.17. The van der Waals surface area contributed by atoms with Gasteiger partial charge in [-0.25, -0.2) is 4.39 Å². The van der Waals surface area contributed by atoms with Crippen LogP contribution in [0.5, 0.6) is 0 Å². The van der Waals surface area contributed by atoms with Crippen LogP contribution in [-0.2, 0) is 17.8 Å². The van der Waals surface area contributed by atoms with Gasteiger partial charge in [-0.3, -0.25) is 9.69 Å². The second-order valence-corrected chi connectivity index (χ2v) is 8.86. The SMILES string of the molecule is O=C(CCc1nc(-c2ccc(F)cc2)no1)Nc1ccc(N2CCN(Cc3ccccc3)CC2)cc1. The molecule has 0 spiro atoms. The predicted octanol–water partition coefficient (Wildman–Crippen LogP) is 4.77. The van der Waals surface area contributed by atoms with Crippen LogP contribution in [0.2, 0.25) is 0 Å². The van der Waals surface area contributed by atoms with Crippen LogP contribution in [0.15, 0.2) is 83.4 Å². The fourth-order valence-corrected chi connectivity index (χ4v) is 4.28. The predicted molar refractivity (Wildman–Crippen MR) is 137 cm³/mol. The van der Waals surface area contributed by atoms with E-state index in [-0.39, 0.29) is 18.1 Å². The molecular weight excluding hydrogens is 457 g/mol. The minimum atomic E-state index is -0.325. The van der Waals surface area contributed by atoms with Crippen molar-refractivity contribution >= 4 is 17.3 Å². The number of benzene rings is 3. The number of halogens is 1. The van der Waals surface area contributed by atoms with Gasteiger partial charge in [-0.2, -0.15) is 4.98 Å². The molecule has 1 aromatic heterocycles. The number of carbonyl (C=O) groups excluding carboxylic acids is 1. The molecule has 5 rings (SSSR count). The van der Waals surface area contributed by atoms with Crippen LogP contribution >= 0.6 is 0 Å². The summed E-state index contributed by atoms with van der Waals surface area (Å²) >= 11 is 0. The van der Waals surface area contributed by atoms with Gasteiger partial charge in [0.1, 0.15) is 5.82 Å². The van der Waals surface area contributed by atoms with E-state index in [9.17, 15) is 9.18 Å². The van der Waals surface area contributed by atoms with Gasteiger partial charge < -0.3 is 14.7 Å². The fourth-order valence-electron chi connectivity index (χ4n) is 4.28. The monoisotopic (exact) mass is 485 g/mol. The van der Waals surface area contributed by atoms with E-state index < -0.39 is 0 Å². The van der Waals surface area contributed by atoms with Crippen molar-refractivity contribution in [2.45, 2.75) is 19.4 Å². The molecule has 0 aliphatic carbocycles. The van der Waals surface area contributed by atoms with Gasteiger partial charge in [0.2, 0.25) is 17.6 Å². The van der Waals surface area contributed by atoms with Crippen LogP contribution in [0, 0.1) is 5.82 Å². The van der Waals surface area contributed by atoms with E-state index in [1.807, 2.05) is 18.2 Å². The van der Waals surface area contributed by atoms with Crippen molar-refractivity contribution in [3.05, 3.63) is 96.1 Å². The Morgan fingerprint density at radius 1 is 0.917 bits per heavy atom. The second-order valence-electron chi connectivity index (χ2n) is 8.86. The number of anilines is 2. The Kier molecular flexibility index (Phi) is 7.33. The lowest BCUT2D eigenvalue weighted by atomic mass is 10.2. The Balaban J connectivity index is 1.07. The van der Waals surface area contributed by atoms with Gasteiger partial charge in [0.25, 0.3) is 0 Å². The lowest BCUT2D eigenvalue weighted by Gasteiger charge is -2.36. The standard InChI is InChI=1S/C28H28FN5O2/c29-23-8-6-22(7-9-23)28-31-27(36-32-28)15-14-26(35)30-24-10-12-25(13-11-24)34-18-16-33(17-19-34)20-21-4-2-1-3-5-21/h1-13H,14-20H2,(H,30,35). The summed E-state index contributed by atoms with van der Waals surface area (Å²) in [6.07, 6.45) is 0.543. The number of carbonyl (C=O) groups is 1. The van der Waals surface area contributed by atoms with Crippen LogP contribution in [0.3, 0.4) is 0 Å². The molecule has 36 heavy (non-hydrogen) atoms. The molecule has 1 fully saturated rings. The molecule has 7 nitrogen and oxygen atoms in total. The summed E-state index contributed by atoms with van der Waals surface area (Å²) < 4.78 is 18.3. The van der Waals surface area contributed by atoms with Crippen LogP contribution in [-0.4, -0.2) is 47.1 Å². The summed E-state index contributed by atoms with van der Waals surface area (Å²) in [6, 6.07) is 24.4. The van der Waals surface area contributed by atoms with Gasteiger partial charge in [0.05, 0.1) is 0 Å². The summed E-state index contributed by atoms with van der Waals surface area (Å²) in [5.74, 6) is 0.292. The van der Waals surface area contributed by atoms with Gasteiger partial charge >= 0.3 is 0 Å². The van der Waals surface area contributed by atoms with Crippen molar-refractivity contribution in [3.8, 4) is 11.4 Å². The van der Waals surface area contributed by atoms with E-state index in [1.54, 1.807) is 12.1 Å². The van der Waals surface area contributed by atoms with E-state index in [2.05, 4.69) is 61.7 Å². The minimum Gasteiger partial charge on any atom is -0.369 e. The van der Waals surface area contributed by atoms with Crippen molar-refractivity contribution in [2.75, 3.05) is 36.4 Å². The fraction of sp³-hybridized carbons (Fsp3) is 0.250. The van der Waals surface area contributed by atoms with E-state index >= 15 is 0 Å². The Labute approximate surface area is 209 Å². The smallest absolute Gasteiger partial charge is 0.227 e. The number of nitrogens with one attached hydrogen (secondary N) is 1. The van der Waals surface area contributed by atoms with Crippen molar-refractivity contribution in [2.24, 2.45) is 0 Å². The molecule has 1 amide bonds. The normalized spacial score (nSPS) is 14.1. The second kappa shape index (κ2) is 11.1. The summed E-state index contributed by atoms with van der Waals surface area (Å²) in [7, 11) is 0. The van der Waals surface area contributed by atoms with Crippen molar-refractivity contribution in [1.82, 2.24) is 15.0 Å². The molecule has 8 heteroatoms. The maximum absolute atomic E-state index is 13.1. The minimum absolute atomic E-state index is 0.126. The highest BCUT2D eigenvalue weighted by atomic mass is 19.1. The molecule has 1 saturated heterocycles. The summed E-state index contributed by atoms with van der Waals surface area (Å²) in [6.45, 7) is 4.97. The quantitative estimate of drug-likeness (QED) is 0.388. The Morgan fingerprint density at radius 2 is 1.64 bits per heavy atom. The number of hydrogen-bond donors (Lipinski definition) is 1. The summed E-state index contributed by atoms with van der Waals surface area (Å²) in [4.78, 5) is 21.6. The molecule has 0 atom stereocenters. The highest BCUT2D eigenvalue weighted by Crippen LogP contribution is 2.21. The summed E-state index contributed by atoms with van der Waals surface area (Å²) in [5, 5.41) is 6.83. The van der Waals surface area contributed by atoms with Gasteiger partial charge in [0.15, 0.2) is 0 Å². The zero-order valence-corrected chi connectivity index (χ0v) is 19.9. The number of hydrogen-bond acceptors (Lipinski definition) is 6. The first-order valence-electron chi connectivity index (χ1n) is 12.1. The molecule has 1 N–H and O–H groups in total. The molecule has 184 valence electrons. The first kappa shape index (κ1) is 23.7. The molecule has 1 aliphatic heterocycles. The molecular formula is C28H28FN5O2. The first-order valence-corrected chi connectivity index (χ1v) is 12.1. The van der Waals surface area contributed by atoms with Crippen LogP contribution in [0.25, 0.3) is 11.4 Å². The Bertz CT molecular complexity index is 1270. The number of aromatic nitrogens is 2. The maximum atomic E-state index is 13.1. The maximum Gasteiger partial charge on any atom is 0.227 e. The van der Waals surface area contributed by atoms with E-state index in [0.29, 0.717) is 23.7 Å². The zero-order chi connectivity index (χ0) is 24.7. The van der Waals surface area contributed by atoms with Gasteiger partial charge in [-0.1, -0.05) is 35.5 Å². The molecule has 3 aromatic carbocycles. The average Bonchev–Trinajstić information content (AvgIpc) is 3.39. The van der Waals surface area contributed by atoms with Crippen LogP contribution in [0.1, 0.15) is 17.9 Å². The van der Waals surface area contributed by atoms with Crippen LogP contribution in [0.4, 0.5) is 15.8 Å². The van der Waals surface area contributed by atoms with Gasteiger partial charge in [-0.15, -0.1) is 0 Å². The molecule has 0 radical (unpaired) electrons. The van der Waals surface area contributed by atoms with E-state index in [4.69, 9.17) is 4.52 Å². The molecule has 0 bridgehead atoms. The van der Waals surface area contributed by atoms with Crippen molar-refractivity contribution in [1.29, 1.82) is 0 Å². The number of amides is 1. The topological polar surface area (TPSA) is 74.5 Å². The zero-order valence-electron chi connectivity index (χ0n) is 19.9. The molecule has 0 unspecified atom stereocenters. The third-order valence-corrected chi connectivity index (χ3v) is 6.27. The van der Waals surface area contributed by atoms with Crippen molar-refractivity contribution < 1.29 is 13.7 Å². The molecule has 4 aromatic rings. The number of rotatable bonds is 8. The van der Waals surface area contributed by atoms with Crippen molar-refractivity contribution in [3.63, 3.8) is 0 Å². The number of nitrogens with zero attached hydrogens (tertiary/aromatic N) is 4.